The van der Waals surface area contributed by atoms with E-state index in [0.717, 1.165) is 19.3 Å². The summed E-state index contributed by atoms with van der Waals surface area (Å²) in [7, 11) is 0. The number of carboxylic acid groups (broad SMARTS) is 1. The largest absolute Gasteiger partial charge is 0.481 e. The molecule has 1 N–H and O–H groups in total. The molecule has 0 unspecified atom stereocenters. The van der Waals surface area contributed by atoms with Crippen molar-refractivity contribution in [3.05, 3.63) is 18.0 Å². The molecule has 0 spiro atoms. The Balaban J connectivity index is 1.76. The smallest absolute Gasteiger partial charge is 0.308 e. The molecule has 1 saturated heterocycles. The zero-order chi connectivity index (χ0) is 14.8. The third-order valence-electron chi connectivity index (χ3n) is 4.62. The first-order chi connectivity index (χ1) is 10.2. The summed E-state index contributed by atoms with van der Waals surface area (Å²) in [5.74, 6) is -1.33. The molecule has 21 heavy (non-hydrogen) atoms. The normalized spacial score (nSPS) is 23.4. The van der Waals surface area contributed by atoms with E-state index >= 15 is 0 Å². The highest BCUT2D eigenvalue weighted by molar-refractivity contribution is 5.93. The summed E-state index contributed by atoms with van der Waals surface area (Å²) < 4.78 is 1.85. The molecule has 0 radical (unpaired) electrons. The van der Waals surface area contributed by atoms with Gasteiger partial charge < -0.3 is 10.0 Å². The maximum absolute atomic E-state index is 12.7. The van der Waals surface area contributed by atoms with Gasteiger partial charge in [-0.25, -0.2) is 0 Å². The molecule has 6 nitrogen and oxygen atoms in total. The van der Waals surface area contributed by atoms with E-state index in [4.69, 9.17) is 5.11 Å². The number of nitrogens with zero attached hydrogens (tertiary/aromatic N) is 3. The lowest BCUT2D eigenvalue weighted by Crippen LogP contribution is -2.43. The lowest BCUT2D eigenvalue weighted by molar-refractivity contribution is -0.143. The first-order valence-electron chi connectivity index (χ1n) is 7.72. The summed E-state index contributed by atoms with van der Waals surface area (Å²) in [6, 6.07) is 2.07. The van der Waals surface area contributed by atoms with Crippen molar-refractivity contribution in [2.45, 2.75) is 44.6 Å². The van der Waals surface area contributed by atoms with Crippen LogP contribution in [0.1, 0.15) is 55.1 Å². The number of hydrogen-bond donors (Lipinski definition) is 1. The highest BCUT2D eigenvalue weighted by Gasteiger charge is 2.31. The van der Waals surface area contributed by atoms with Crippen molar-refractivity contribution in [3.8, 4) is 0 Å². The number of carbonyl (C=O) groups is 2. The van der Waals surface area contributed by atoms with Gasteiger partial charge in [0.2, 0.25) is 0 Å². The third kappa shape index (κ3) is 2.80. The van der Waals surface area contributed by atoms with E-state index in [1.165, 1.54) is 12.8 Å². The number of carbonyl (C=O) groups excluding carboxylic acids is 1. The maximum Gasteiger partial charge on any atom is 0.308 e. The summed E-state index contributed by atoms with van der Waals surface area (Å²) in [4.78, 5) is 25.5. The Morgan fingerprint density at radius 1 is 1.19 bits per heavy atom. The second-order valence-corrected chi connectivity index (χ2v) is 6.03. The van der Waals surface area contributed by atoms with Crippen LogP contribution in [0.15, 0.2) is 12.3 Å². The molecule has 114 valence electrons. The van der Waals surface area contributed by atoms with Crippen LogP contribution in [-0.4, -0.2) is 44.8 Å². The summed E-state index contributed by atoms with van der Waals surface area (Å²) >= 11 is 0. The third-order valence-corrected chi connectivity index (χ3v) is 4.62. The number of hydrogen-bond acceptors (Lipinski definition) is 3. The minimum absolute atomic E-state index is 0.0784. The molecule has 6 heteroatoms. The summed E-state index contributed by atoms with van der Waals surface area (Å²) in [5, 5.41) is 13.5. The van der Waals surface area contributed by atoms with Crippen LogP contribution in [0.3, 0.4) is 0 Å². The van der Waals surface area contributed by atoms with Gasteiger partial charge in [-0.1, -0.05) is 12.8 Å². The fourth-order valence-corrected chi connectivity index (χ4v) is 3.45. The van der Waals surface area contributed by atoms with E-state index in [2.05, 4.69) is 5.10 Å². The number of likely N-dealkylation sites (tertiary alicyclic amines) is 1. The van der Waals surface area contributed by atoms with Crippen molar-refractivity contribution in [2.75, 3.05) is 13.1 Å². The molecule has 1 aliphatic heterocycles. The van der Waals surface area contributed by atoms with E-state index in [1.54, 1.807) is 17.2 Å². The SMILES string of the molecule is O=C(O)[C@H]1CCCN(C(=O)c2ccnn2C2CCCC2)C1. The number of piperidine rings is 1. The van der Waals surface area contributed by atoms with Crippen LogP contribution < -0.4 is 0 Å². The Kier molecular flexibility index (Phi) is 3.94. The lowest BCUT2D eigenvalue weighted by atomic mass is 9.98. The fourth-order valence-electron chi connectivity index (χ4n) is 3.45. The number of amides is 1. The summed E-state index contributed by atoms with van der Waals surface area (Å²) in [6.07, 6.45) is 7.58. The van der Waals surface area contributed by atoms with Gasteiger partial charge >= 0.3 is 5.97 Å². The van der Waals surface area contributed by atoms with Gasteiger partial charge in [0.25, 0.3) is 5.91 Å². The lowest BCUT2D eigenvalue weighted by Gasteiger charge is -2.31. The van der Waals surface area contributed by atoms with Crippen molar-refractivity contribution < 1.29 is 14.7 Å². The molecular formula is C15H21N3O3. The molecule has 0 aromatic carbocycles. The summed E-state index contributed by atoms with van der Waals surface area (Å²) in [6.45, 7) is 0.947. The minimum Gasteiger partial charge on any atom is -0.481 e. The van der Waals surface area contributed by atoms with E-state index in [1.807, 2.05) is 4.68 Å². The molecule has 0 bridgehead atoms. The van der Waals surface area contributed by atoms with Gasteiger partial charge in [-0.2, -0.15) is 5.10 Å². The Hall–Kier alpha value is -1.85. The predicted molar refractivity (Wildman–Crippen MR) is 76.0 cm³/mol. The molecular weight excluding hydrogens is 270 g/mol. The van der Waals surface area contributed by atoms with Crippen molar-refractivity contribution in [2.24, 2.45) is 5.92 Å². The monoisotopic (exact) mass is 291 g/mol. The van der Waals surface area contributed by atoms with E-state index < -0.39 is 11.9 Å². The number of rotatable bonds is 3. The minimum atomic E-state index is -0.809. The van der Waals surface area contributed by atoms with Crippen LogP contribution in [0.25, 0.3) is 0 Å². The molecule has 1 amide bonds. The molecule has 1 saturated carbocycles. The second-order valence-electron chi connectivity index (χ2n) is 6.03. The maximum atomic E-state index is 12.7. The quantitative estimate of drug-likeness (QED) is 0.923. The van der Waals surface area contributed by atoms with Crippen LogP contribution in [-0.2, 0) is 4.79 Å². The highest BCUT2D eigenvalue weighted by Crippen LogP contribution is 2.30. The zero-order valence-electron chi connectivity index (χ0n) is 12.1. The second kappa shape index (κ2) is 5.87. The van der Waals surface area contributed by atoms with Crippen molar-refractivity contribution in [1.82, 2.24) is 14.7 Å². The summed E-state index contributed by atoms with van der Waals surface area (Å²) in [5.41, 5.74) is 0.605. The molecule has 1 atom stereocenters. The van der Waals surface area contributed by atoms with Crippen molar-refractivity contribution in [1.29, 1.82) is 0 Å². The van der Waals surface area contributed by atoms with Crippen molar-refractivity contribution >= 4 is 11.9 Å². The Morgan fingerprint density at radius 3 is 2.67 bits per heavy atom. The Morgan fingerprint density at radius 2 is 1.95 bits per heavy atom. The van der Waals surface area contributed by atoms with Crippen molar-refractivity contribution in [3.63, 3.8) is 0 Å². The molecule has 2 fully saturated rings. The van der Waals surface area contributed by atoms with E-state index in [9.17, 15) is 9.59 Å². The molecule has 3 rings (SSSR count). The van der Waals surface area contributed by atoms with Gasteiger partial charge in [0.05, 0.1) is 12.0 Å². The molecule has 2 heterocycles. The van der Waals surface area contributed by atoms with Crippen LogP contribution in [0.4, 0.5) is 0 Å². The van der Waals surface area contributed by atoms with Gasteiger partial charge in [0, 0.05) is 19.3 Å². The number of carboxylic acids is 1. The fraction of sp³-hybridized carbons (Fsp3) is 0.667. The van der Waals surface area contributed by atoms with Gasteiger partial charge in [-0.05, 0) is 31.7 Å². The molecule has 2 aliphatic rings. The highest BCUT2D eigenvalue weighted by atomic mass is 16.4. The van der Waals surface area contributed by atoms with Gasteiger partial charge in [0.15, 0.2) is 0 Å². The first-order valence-corrected chi connectivity index (χ1v) is 7.72. The van der Waals surface area contributed by atoms with Crippen LogP contribution >= 0.6 is 0 Å². The van der Waals surface area contributed by atoms with Gasteiger partial charge in [0.1, 0.15) is 5.69 Å². The standard InChI is InChI=1S/C15H21N3O3/c19-14(17-9-3-4-11(10-17)15(20)21)13-7-8-16-18(13)12-5-1-2-6-12/h7-8,11-12H,1-6,9-10H2,(H,20,21)/t11-/m0/s1. The average molecular weight is 291 g/mol. The average Bonchev–Trinajstić information content (AvgIpc) is 3.17. The topological polar surface area (TPSA) is 75.4 Å². The van der Waals surface area contributed by atoms with E-state index in [-0.39, 0.29) is 5.91 Å². The Labute approximate surface area is 123 Å². The van der Waals surface area contributed by atoms with Crippen LogP contribution in [0.2, 0.25) is 0 Å². The first kappa shape index (κ1) is 14.1. The van der Waals surface area contributed by atoms with Gasteiger partial charge in [-0.15, -0.1) is 0 Å². The molecule has 1 aromatic heterocycles. The number of aromatic nitrogens is 2. The zero-order valence-corrected chi connectivity index (χ0v) is 12.1. The molecule has 1 aromatic rings. The Bertz CT molecular complexity index is 534. The van der Waals surface area contributed by atoms with Gasteiger partial charge in [-0.3, -0.25) is 14.3 Å². The predicted octanol–water partition coefficient (Wildman–Crippen LogP) is 1.93. The number of aliphatic carboxylic acids is 1. The van der Waals surface area contributed by atoms with E-state index in [0.29, 0.717) is 31.2 Å². The molecule has 1 aliphatic carbocycles. The van der Waals surface area contributed by atoms with Crippen LogP contribution in [0.5, 0.6) is 0 Å². The van der Waals surface area contributed by atoms with Crippen LogP contribution in [0, 0.1) is 5.92 Å².